The maximum atomic E-state index is 8.69. The molecule has 84 valence electrons. The van der Waals surface area contributed by atoms with E-state index in [1.165, 1.54) is 0 Å². The zero-order valence-corrected chi connectivity index (χ0v) is 9.39. The Balaban J connectivity index is 2.00. The number of ether oxygens (including phenoxy) is 1. The second-order valence-electron chi connectivity index (χ2n) is 3.94. The van der Waals surface area contributed by atoms with Gasteiger partial charge in [0.15, 0.2) is 0 Å². The lowest BCUT2D eigenvalue weighted by molar-refractivity contribution is 0.0818. The molecule has 0 atom stereocenters. The lowest BCUT2D eigenvalue weighted by Crippen LogP contribution is -2.37. The molecule has 1 aromatic heterocycles. The number of nitriles is 1. The molecule has 1 saturated heterocycles. The summed E-state index contributed by atoms with van der Waals surface area (Å²) in [5.74, 6) is 0.952. The molecular formula is C12H15N3O. The van der Waals surface area contributed by atoms with Gasteiger partial charge >= 0.3 is 0 Å². The van der Waals surface area contributed by atoms with Crippen LogP contribution in [0, 0.1) is 11.3 Å². The number of hydrogen-bond donors (Lipinski definition) is 0. The molecule has 2 heterocycles. The summed E-state index contributed by atoms with van der Waals surface area (Å²) in [6.07, 6.45) is 4.09. The summed E-state index contributed by atoms with van der Waals surface area (Å²) in [7, 11) is 1.76. The van der Waals surface area contributed by atoms with Crippen molar-refractivity contribution in [1.82, 2.24) is 4.98 Å². The van der Waals surface area contributed by atoms with Gasteiger partial charge in [0.1, 0.15) is 11.9 Å². The normalized spacial score (nSPS) is 17.1. The predicted molar refractivity (Wildman–Crippen MR) is 61.2 cm³/mol. The van der Waals surface area contributed by atoms with Gasteiger partial charge in [0.25, 0.3) is 0 Å². The van der Waals surface area contributed by atoms with Crippen LogP contribution in [0.5, 0.6) is 0 Å². The number of methoxy groups -OCH3 is 1. The van der Waals surface area contributed by atoms with Crippen LogP contribution in [0.15, 0.2) is 18.3 Å². The molecule has 0 N–H and O–H groups in total. The van der Waals surface area contributed by atoms with E-state index in [-0.39, 0.29) is 0 Å². The van der Waals surface area contributed by atoms with E-state index >= 15 is 0 Å². The minimum absolute atomic E-state index is 0.384. The molecule has 4 nitrogen and oxygen atoms in total. The molecule has 0 radical (unpaired) electrons. The van der Waals surface area contributed by atoms with Gasteiger partial charge in [0, 0.05) is 26.4 Å². The summed E-state index contributed by atoms with van der Waals surface area (Å²) in [4.78, 5) is 6.52. The quantitative estimate of drug-likeness (QED) is 0.754. The van der Waals surface area contributed by atoms with Gasteiger partial charge < -0.3 is 9.64 Å². The molecular weight excluding hydrogens is 202 g/mol. The Hall–Kier alpha value is -1.60. The second kappa shape index (κ2) is 4.95. The first-order valence-corrected chi connectivity index (χ1v) is 5.47. The van der Waals surface area contributed by atoms with Crippen LogP contribution < -0.4 is 4.90 Å². The van der Waals surface area contributed by atoms with Crippen LogP contribution in [0.3, 0.4) is 0 Å². The number of anilines is 1. The van der Waals surface area contributed by atoms with E-state index in [4.69, 9.17) is 10.00 Å². The molecule has 0 unspecified atom stereocenters. The van der Waals surface area contributed by atoms with E-state index in [0.717, 1.165) is 31.7 Å². The molecule has 2 rings (SSSR count). The van der Waals surface area contributed by atoms with Crippen molar-refractivity contribution in [2.45, 2.75) is 18.9 Å². The van der Waals surface area contributed by atoms with Gasteiger partial charge in [-0.1, -0.05) is 0 Å². The van der Waals surface area contributed by atoms with Crippen molar-refractivity contribution in [3.05, 3.63) is 23.9 Å². The zero-order valence-electron chi connectivity index (χ0n) is 9.39. The Morgan fingerprint density at radius 1 is 1.44 bits per heavy atom. The Morgan fingerprint density at radius 3 is 2.69 bits per heavy atom. The van der Waals surface area contributed by atoms with Crippen molar-refractivity contribution < 1.29 is 4.74 Å². The molecule has 0 aromatic carbocycles. The number of piperidine rings is 1. The lowest BCUT2D eigenvalue weighted by atomic mass is 10.1. The minimum Gasteiger partial charge on any atom is -0.381 e. The third-order valence-electron chi connectivity index (χ3n) is 2.98. The zero-order chi connectivity index (χ0) is 11.4. The third kappa shape index (κ3) is 2.31. The van der Waals surface area contributed by atoms with Gasteiger partial charge in [-0.15, -0.1) is 0 Å². The highest BCUT2D eigenvalue weighted by atomic mass is 16.5. The first kappa shape index (κ1) is 10.9. The van der Waals surface area contributed by atoms with E-state index in [0.29, 0.717) is 11.7 Å². The summed E-state index contributed by atoms with van der Waals surface area (Å²) in [6.45, 7) is 1.94. The fraction of sp³-hybridized carbons (Fsp3) is 0.500. The van der Waals surface area contributed by atoms with Crippen LogP contribution in [-0.4, -0.2) is 31.3 Å². The van der Waals surface area contributed by atoms with Gasteiger partial charge in [-0.25, -0.2) is 4.98 Å². The predicted octanol–water partition coefficient (Wildman–Crippen LogP) is 1.57. The molecule has 0 amide bonds. The van der Waals surface area contributed by atoms with Crippen LogP contribution in [0.4, 0.5) is 5.82 Å². The number of hydrogen-bond acceptors (Lipinski definition) is 4. The monoisotopic (exact) mass is 217 g/mol. The average molecular weight is 217 g/mol. The standard InChI is InChI=1S/C12H15N3O/c1-16-11-4-6-15(7-5-11)12-3-2-10(8-13)9-14-12/h2-3,9,11H,4-7H2,1H3. The molecule has 0 spiro atoms. The van der Waals surface area contributed by atoms with Crippen LogP contribution in [0.2, 0.25) is 0 Å². The molecule has 1 aromatic rings. The van der Waals surface area contributed by atoms with E-state index < -0.39 is 0 Å². The van der Waals surface area contributed by atoms with E-state index in [1.807, 2.05) is 12.1 Å². The van der Waals surface area contributed by atoms with E-state index in [1.54, 1.807) is 13.3 Å². The number of nitrogens with zero attached hydrogens (tertiary/aromatic N) is 3. The van der Waals surface area contributed by atoms with Crippen molar-refractivity contribution in [3.63, 3.8) is 0 Å². The van der Waals surface area contributed by atoms with Crippen LogP contribution in [0.25, 0.3) is 0 Å². The molecule has 0 bridgehead atoms. The SMILES string of the molecule is COC1CCN(c2ccc(C#N)cn2)CC1. The molecule has 0 aliphatic carbocycles. The minimum atomic E-state index is 0.384. The highest BCUT2D eigenvalue weighted by Gasteiger charge is 2.19. The van der Waals surface area contributed by atoms with Crippen molar-refractivity contribution >= 4 is 5.82 Å². The van der Waals surface area contributed by atoms with Gasteiger partial charge in [-0.2, -0.15) is 5.26 Å². The summed E-state index contributed by atoms with van der Waals surface area (Å²) >= 11 is 0. The summed E-state index contributed by atoms with van der Waals surface area (Å²) in [5.41, 5.74) is 0.607. The summed E-state index contributed by atoms with van der Waals surface area (Å²) in [5, 5.41) is 8.69. The Bertz CT molecular complexity index is 374. The van der Waals surface area contributed by atoms with Crippen molar-refractivity contribution in [1.29, 1.82) is 5.26 Å². The van der Waals surface area contributed by atoms with Crippen LogP contribution in [-0.2, 0) is 4.74 Å². The van der Waals surface area contributed by atoms with Crippen molar-refractivity contribution in [2.24, 2.45) is 0 Å². The van der Waals surface area contributed by atoms with Gasteiger partial charge in [-0.05, 0) is 25.0 Å². The molecule has 1 aliphatic rings. The van der Waals surface area contributed by atoms with Crippen LogP contribution >= 0.6 is 0 Å². The smallest absolute Gasteiger partial charge is 0.128 e. The van der Waals surface area contributed by atoms with E-state index in [2.05, 4.69) is 16.0 Å². The van der Waals surface area contributed by atoms with Gasteiger partial charge in [0.2, 0.25) is 0 Å². The molecule has 1 fully saturated rings. The van der Waals surface area contributed by atoms with Gasteiger partial charge in [-0.3, -0.25) is 0 Å². The first-order chi connectivity index (χ1) is 7.83. The van der Waals surface area contributed by atoms with Gasteiger partial charge in [0.05, 0.1) is 11.7 Å². The lowest BCUT2D eigenvalue weighted by Gasteiger charge is -2.31. The maximum absolute atomic E-state index is 8.69. The average Bonchev–Trinajstić information content (AvgIpc) is 2.39. The number of pyridine rings is 1. The molecule has 4 heteroatoms. The Labute approximate surface area is 95.5 Å². The first-order valence-electron chi connectivity index (χ1n) is 5.47. The topological polar surface area (TPSA) is 49.1 Å². The highest BCUT2D eigenvalue weighted by molar-refractivity contribution is 5.42. The van der Waals surface area contributed by atoms with Crippen molar-refractivity contribution in [3.8, 4) is 6.07 Å². The number of aromatic nitrogens is 1. The van der Waals surface area contributed by atoms with Crippen molar-refractivity contribution in [2.75, 3.05) is 25.1 Å². The van der Waals surface area contributed by atoms with Crippen LogP contribution in [0.1, 0.15) is 18.4 Å². The largest absolute Gasteiger partial charge is 0.381 e. The Kier molecular flexibility index (Phi) is 3.37. The molecule has 0 saturated carbocycles. The Morgan fingerprint density at radius 2 is 2.19 bits per heavy atom. The summed E-state index contributed by atoms with van der Waals surface area (Å²) < 4.78 is 5.32. The molecule has 16 heavy (non-hydrogen) atoms. The summed E-state index contributed by atoms with van der Waals surface area (Å²) in [6, 6.07) is 5.79. The fourth-order valence-electron chi connectivity index (χ4n) is 1.96. The fourth-order valence-corrected chi connectivity index (χ4v) is 1.96. The number of rotatable bonds is 2. The maximum Gasteiger partial charge on any atom is 0.128 e. The second-order valence-corrected chi connectivity index (χ2v) is 3.94. The molecule has 1 aliphatic heterocycles. The third-order valence-corrected chi connectivity index (χ3v) is 2.98. The van der Waals surface area contributed by atoms with E-state index in [9.17, 15) is 0 Å². The highest BCUT2D eigenvalue weighted by Crippen LogP contribution is 2.19.